The Kier molecular flexibility index (Phi) is 4.00. The number of thioether (sulfide) groups is 1. The van der Waals surface area contributed by atoms with E-state index < -0.39 is 0 Å². The Morgan fingerprint density at radius 1 is 1.54 bits per heavy atom. The molecule has 3 heteroatoms. The third-order valence-electron chi connectivity index (χ3n) is 1.98. The van der Waals surface area contributed by atoms with Crippen LogP contribution < -0.4 is 0 Å². The average Bonchev–Trinajstić information content (AvgIpc) is 2.31. The summed E-state index contributed by atoms with van der Waals surface area (Å²) in [5.41, 5.74) is 0. The first-order chi connectivity index (χ1) is 6.13. The van der Waals surface area contributed by atoms with E-state index in [1.807, 2.05) is 14.1 Å². The first-order valence-corrected chi connectivity index (χ1v) is 5.52. The van der Waals surface area contributed by atoms with Gasteiger partial charge < -0.3 is 4.90 Å². The molecule has 1 aliphatic rings. The van der Waals surface area contributed by atoms with E-state index in [0.717, 1.165) is 19.4 Å². The molecule has 1 atom stereocenters. The van der Waals surface area contributed by atoms with Gasteiger partial charge in [-0.1, -0.05) is 31.2 Å². The van der Waals surface area contributed by atoms with Gasteiger partial charge in [0, 0.05) is 6.54 Å². The van der Waals surface area contributed by atoms with Crippen molar-refractivity contribution >= 4 is 16.9 Å². The summed E-state index contributed by atoms with van der Waals surface area (Å²) >= 11 is 1.44. The summed E-state index contributed by atoms with van der Waals surface area (Å²) in [7, 11) is 4.01. The van der Waals surface area contributed by atoms with Crippen LogP contribution in [0.15, 0.2) is 11.0 Å². The smallest absolute Gasteiger partial charge is 0.201 e. The highest BCUT2D eigenvalue weighted by Crippen LogP contribution is 2.33. The largest absolute Gasteiger partial charge is 0.308 e. The Hall–Kier alpha value is -0.280. The summed E-state index contributed by atoms with van der Waals surface area (Å²) in [6, 6.07) is 0. The van der Waals surface area contributed by atoms with Crippen molar-refractivity contribution in [2.45, 2.75) is 19.8 Å². The highest BCUT2D eigenvalue weighted by Gasteiger charge is 2.25. The summed E-state index contributed by atoms with van der Waals surface area (Å²) in [4.78, 5) is 14.8. The molecule has 0 bridgehead atoms. The number of nitrogens with zero attached hydrogens (tertiary/aromatic N) is 1. The van der Waals surface area contributed by atoms with E-state index in [4.69, 9.17) is 0 Å². The lowest BCUT2D eigenvalue weighted by molar-refractivity contribution is -0.113. The van der Waals surface area contributed by atoms with Crippen LogP contribution in [0.1, 0.15) is 19.8 Å². The molecule has 2 nitrogen and oxygen atoms in total. The molecule has 0 aromatic carbocycles. The lowest BCUT2D eigenvalue weighted by Gasteiger charge is -2.11. The molecule has 1 aliphatic heterocycles. The second kappa shape index (κ2) is 4.82. The summed E-state index contributed by atoms with van der Waals surface area (Å²) < 4.78 is 0. The second-order valence-corrected chi connectivity index (χ2v) is 4.80. The van der Waals surface area contributed by atoms with Crippen LogP contribution in [0.2, 0.25) is 0 Å². The van der Waals surface area contributed by atoms with Crippen molar-refractivity contribution in [2.75, 3.05) is 20.6 Å². The molecule has 1 unspecified atom stereocenters. The molecule has 0 N–H and O–H groups in total. The van der Waals surface area contributed by atoms with Crippen LogP contribution in [0.25, 0.3) is 0 Å². The molecule has 0 fully saturated rings. The minimum absolute atomic E-state index is 0.126. The SMILES string of the molecule is CCCC1=CC(CN(C)C)C(=O)S1. The number of carbonyl (C=O) groups is 1. The maximum Gasteiger partial charge on any atom is 0.201 e. The summed E-state index contributed by atoms with van der Waals surface area (Å²) in [6.45, 7) is 2.99. The van der Waals surface area contributed by atoms with Gasteiger partial charge in [0.1, 0.15) is 0 Å². The average molecular weight is 199 g/mol. The lowest BCUT2D eigenvalue weighted by Crippen LogP contribution is -2.23. The zero-order valence-electron chi connectivity index (χ0n) is 8.54. The number of rotatable bonds is 4. The first-order valence-electron chi connectivity index (χ1n) is 4.70. The molecule has 0 aromatic rings. The molecule has 0 spiro atoms. The van der Waals surface area contributed by atoms with E-state index >= 15 is 0 Å². The number of hydrogen-bond donors (Lipinski definition) is 0. The van der Waals surface area contributed by atoms with E-state index in [0.29, 0.717) is 5.12 Å². The quantitative estimate of drug-likeness (QED) is 0.691. The van der Waals surface area contributed by atoms with Crippen LogP contribution in [0, 0.1) is 5.92 Å². The third-order valence-corrected chi connectivity index (χ3v) is 3.09. The highest BCUT2D eigenvalue weighted by molar-refractivity contribution is 8.17. The Labute approximate surface area is 84.4 Å². The van der Waals surface area contributed by atoms with E-state index in [2.05, 4.69) is 17.9 Å². The van der Waals surface area contributed by atoms with Gasteiger partial charge in [0.25, 0.3) is 0 Å². The predicted molar refractivity (Wildman–Crippen MR) is 57.6 cm³/mol. The van der Waals surface area contributed by atoms with Gasteiger partial charge in [0.15, 0.2) is 0 Å². The Morgan fingerprint density at radius 2 is 2.23 bits per heavy atom. The molecular formula is C10H17NOS. The molecule has 0 radical (unpaired) electrons. The van der Waals surface area contributed by atoms with E-state index in [-0.39, 0.29) is 5.92 Å². The monoisotopic (exact) mass is 199 g/mol. The molecule has 0 aromatic heterocycles. The molecular weight excluding hydrogens is 182 g/mol. The maximum absolute atomic E-state index is 11.5. The molecule has 0 aliphatic carbocycles. The third kappa shape index (κ3) is 3.16. The Morgan fingerprint density at radius 3 is 2.77 bits per heavy atom. The van der Waals surface area contributed by atoms with Crippen LogP contribution in [-0.2, 0) is 4.79 Å². The van der Waals surface area contributed by atoms with Crippen molar-refractivity contribution in [3.8, 4) is 0 Å². The van der Waals surface area contributed by atoms with Crippen molar-refractivity contribution in [3.63, 3.8) is 0 Å². The molecule has 0 amide bonds. The van der Waals surface area contributed by atoms with Crippen molar-refractivity contribution in [1.82, 2.24) is 4.90 Å². The molecule has 74 valence electrons. The van der Waals surface area contributed by atoms with E-state index in [9.17, 15) is 4.79 Å². The van der Waals surface area contributed by atoms with Crippen LogP contribution >= 0.6 is 11.8 Å². The molecule has 13 heavy (non-hydrogen) atoms. The fraction of sp³-hybridized carbons (Fsp3) is 0.700. The van der Waals surface area contributed by atoms with Crippen molar-refractivity contribution in [2.24, 2.45) is 5.92 Å². The highest BCUT2D eigenvalue weighted by atomic mass is 32.2. The van der Waals surface area contributed by atoms with Crippen LogP contribution in [-0.4, -0.2) is 30.7 Å². The number of allylic oxidation sites excluding steroid dienone is 1. The zero-order valence-corrected chi connectivity index (χ0v) is 9.36. The first kappa shape index (κ1) is 10.8. The van der Waals surface area contributed by atoms with Gasteiger partial charge in [-0.05, 0) is 25.4 Å². The maximum atomic E-state index is 11.5. The van der Waals surface area contributed by atoms with Gasteiger partial charge in [-0.3, -0.25) is 4.79 Å². The van der Waals surface area contributed by atoms with Crippen LogP contribution in [0.3, 0.4) is 0 Å². The van der Waals surface area contributed by atoms with Gasteiger partial charge in [-0.2, -0.15) is 0 Å². The van der Waals surface area contributed by atoms with Gasteiger partial charge in [0.2, 0.25) is 5.12 Å². The van der Waals surface area contributed by atoms with Gasteiger partial charge in [-0.25, -0.2) is 0 Å². The number of carbonyl (C=O) groups excluding carboxylic acids is 1. The van der Waals surface area contributed by atoms with Gasteiger partial charge in [0.05, 0.1) is 5.92 Å². The topological polar surface area (TPSA) is 20.3 Å². The Balaban J connectivity index is 2.51. The fourth-order valence-electron chi connectivity index (χ4n) is 1.43. The summed E-state index contributed by atoms with van der Waals surface area (Å²) in [5.74, 6) is 0.126. The normalized spacial score (nSPS) is 22.6. The van der Waals surface area contributed by atoms with Crippen LogP contribution in [0.5, 0.6) is 0 Å². The molecule has 0 saturated heterocycles. The lowest BCUT2D eigenvalue weighted by atomic mass is 10.1. The standard InChI is InChI=1S/C10H17NOS/c1-4-5-9-6-8(7-11(2)3)10(12)13-9/h6,8H,4-5,7H2,1-3H3. The molecule has 1 heterocycles. The van der Waals surface area contributed by atoms with Crippen molar-refractivity contribution < 1.29 is 4.79 Å². The minimum atomic E-state index is 0.126. The van der Waals surface area contributed by atoms with E-state index in [1.54, 1.807) is 0 Å². The number of hydrogen-bond acceptors (Lipinski definition) is 3. The Bertz CT molecular complexity index is 223. The minimum Gasteiger partial charge on any atom is -0.308 e. The fourth-order valence-corrected chi connectivity index (χ4v) is 2.52. The zero-order chi connectivity index (χ0) is 9.84. The van der Waals surface area contributed by atoms with Crippen molar-refractivity contribution in [3.05, 3.63) is 11.0 Å². The van der Waals surface area contributed by atoms with Crippen LogP contribution in [0.4, 0.5) is 0 Å². The predicted octanol–water partition coefficient (Wildman–Crippen LogP) is 2.12. The molecule has 1 rings (SSSR count). The molecule has 0 saturated carbocycles. The summed E-state index contributed by atoms with van der Waals surface area (Å²) in [6.07, 6.45) is 4.32. The van der Waals surface area contributed by atoms with E-state index in [1.165, 1.54) is 16.7 Å². The summed E-state index contributed by atoms with van der Waals surface area (Å²) in [5, 5.41) is 0.317. The van der Waals surface area contributed by atoms with Crippen molar-refractivity contribution in [1.29, 1.82) is 0 Å². The van der Waals surface area contributed by atoms with Gasteiger partial charge >= 0.3 is 0 Å². The second-order valence-electron chi connectivity index (χ2n) is 3.67. The van der Waals surface area contributed by atoms with Gasteiger partial charge in [-0.15, -0.1) is 0 Å².